The minimum Gasteiger partial charge on any atom is -0.392 e. The molecule has 2 fully saturated rings. The third kappa shape index (κ3) is 2.15. The lowest BCUT2D eigenvalue weighted by Crippen LogP contribution is -2.26. The Morgan fingerprint density at radius 1 is 0.667 bits per heavy atom. The van der Waals surface area contributed by atoms with Gasteiger partial charge in [0.05, 0.1) is 0 Å². The summed E-state index contributed by atoms with van der Waals surface area (Å²) in [6.45, 7) is 0. The van der Waals surface area contributed by atoms with Crippen LogP contribution in [0, 0.1) is 0 Å². The Hall–Kier alpha value is -1.72. The van der Waals surface area contributed by atoms with Gasteiger partial charge in [-0.3, -0.25) is 19.2 Å². The van der Waals surface area contributed by atoms with Gasteiger partial charge in [0.2, 0.25) is 0 Å². The predicted molar refractivity (Wildman–Crippen MR) is 31.4 cm³/mol. The van der Waals surface area contributed by atoms with E-state index < -0.39 is 23.9 Å². The molecular weight excluding hydrogens is 168 g/mol. The Morgan fingerprint density at radius 3 is 0.833 bits per heavy atom. The van der Waals surface area contributed by atoms with E-state index in [2.05, 4.69) is 9.47 Å². The Morgan fingerprint density at radius 2 is 0.833 bits per heavy atom. The second-order valence-corrected chi connectivity index (χ2v) is 2.05. The first-order valence-corrected chi connectivity index (χ1v) is 3.05. The molecule has 0 amide bonds. The lowest BCUT2D eigenvalue weighted by Gasteiger charge is -2.06. The summed E-state index contributed by atoms with van der Waals surface area (Å²) in [6, 6.07) is 0. The number of rotatable bonds is 0. The Labute approximate surface area is 66.4 Å². The van der Waals surface area contributed by atoms with Crippen LogP contribution in [-0.4, -0.2) is 23.9 Å². The standard InChI is InChI=1S/2C3H2O3/c2*4-2-1-3(5)6-2/h2*1H2. The highest BCUT2D eigenvalue weighted by molar-refractivity contribution is 6.06. The van der Waals surface area contributed by atoms with Crippen LogP contribution in [0.2, 0.25) is 0 Å². The highest BCUT2D eigenvalue weighted by atomic mass is 16.6. The highest BCUT2D eigenvalue weighted by Gasteiger charge is 2.25. The molecule has 6 nitrogen and oxygen atoms in total. The van der Waals surface area contributed by atoms with Crippen LogP contribution < -0.4 is 0 Å². The van der Waals surface area contributed by atoms with E-state index >= 15 is 0 Å². The zero-order valence-electron chi connectivity index (χ0n) is 5.86. The Balaban J connectivity index is 0.000000120. The van der Waals surface area contributed by atoms with Crippen molar-refractivity contribution in [3.63, 3.8) is 0 Å². The number of hydrogen-bond donors (Lipinski definition) is 0. The van der Waals surface area contributed by atoms with Crippen molar-refractivity contribution in [3.8, 4) is 0 Å². The summed E-state index contributed by atoms with van der Waals surface area (Å²) in [7, 11) is 0. The topological polar surface area (TPSA) is 86.7 Å². The van der Waals surface area contributed by atoms with E-state index in [-0.39, 0.29) is 12.8 Å². The number of ether oxygens (including phenoxy) is 2. The Kier molecular flexibility index (Phi) is 2.18. The first kappa shape index (κ1) is 8.38. The fourth-order valence-electron chi connectivity index (χ4n) is 0.473. The molecule has 0 unspecified atom stereocenters. The summed E-state index contributed by atoms with van der Waals surface area (Å²) < 4.78 is 7.72. The smallest absolute Gasteiger partial charge is 0.324 e. The first-order valence-electron chi connectivity index (χ1n) is 3.05. The molecule has 0 aromatic carbocycles. The van der Waals surface area contributed by atoms with E-state index in [4.69, 9.17) is 0 Å². The van der Waals surface area contributed by atoms with Gasteiger partial charge in [0.25, 0.3) is 0 Å². The average molecular weight is 172 g/mol. The van der Waals surface area contributed by atoms with E-state index in [1.165, 1.54) is 0 Å². The minimum atomic E-state index is -0.417. The third-order valence-corrected chi connectivity index (χ3v) is 1.03. The van der Waals surface area contributed by atoms with Gasteiger partial charge in [-0.1, -0.05) is 0 Å². The monoisotopic (exact) mass is 172 g/mol. The molecule has 6 heteroatoms. The maximum Gasteiger partial charge on any atom is 0.324 e. The lowest BCUT2D eigenvalue weighted by atomic mass is 10.4. The molecule has 0 bridgehead atoms. The van der Waals surface area contributed by atoms with Crippen molar-refractivity contribution in [2.75, 3.05) is 0 Å². The molecule has 64 valence electrons. The van der Waals surface area contributed by atoms with Crippen molar-refractivity contribution in [3.05, 3.63) is 0 Å². The van der Waals surface area contributed by atoms with E-state index in [1.807, 2.05) is 0 Å². The van der Waals surface area contributed by atoms with Gasteiger partial charge < -0.3 is 9.47 Å². The van der Waals surface area contributed by atoms with Gasteiger partial charge in [-0.2, -0.15) is 0 Å². The fourth-order valence-corrected chi connectivity index (χ4v) is 0.473. The van der Waals surface area contributed by atoms with Gasteiger partial charge in [0.1, 0.15) is 12.8 Å². The molecule has 2 heterocycles. The van der Waals surface area contributed by atoms with Crippen LogP contribution >= 0.6 is 0 Å². The van der Waals surface area contributed by atoms with Gasteiger partial charge in [0.15, 0.2) is 0 Å². The molecule has 0 aromatic rings. The molecule has 2 aliphatic heterocycles. The number of cyclic esters (lactones) is 4. The van der Waals surface area contributed by atoms with Crippen LogP contribution in [0.1, 0.15) is 12.8 Å². The van der Waals surface area contributed by atoms with Crippen molar-refractivity contribution in [1.82, 2.24) is 0 Å². The summed E-state index contributed by atoms with van der Waals surface area (Å²) in [5.41, 5.74) is 0. The van der Waals surface area contributed by atoms with Crippen LogP contribution in [-0.2, 0) is 28.7 Å². The van der Waals surface area contributed by atoms with Crippen LogP contribution in [0.5, 0.6) is 0 Å². The molecule has 0 radical (unpaired) electrons. The lowest BCUT2D eigenvalue weighted by molar-refractivity contribution is -0.176. The minimum absolute atomic E-state index is 0.0278. The van der Waals surface area contributed by atoms with E-state index in [0.29, 0.717) is 0 Å². The van der Waals surface area contributed by atoms with Crippen molar-refractivity contribution >= 4 is 23.9 Å². The van der Waals surface area contributed by atoms with Crippen molar-refractivity contribution in [1.29, 1.82) is 0 Å². The second kappa shape index (κ2) is 3.12. The van der Waals surface area contributed by atoms with Gasteiger partial charge in [-0.05, 0) is 0 Å². The molecule has 2 rings (SSSR count). The molecule has 0 N–H and O–H groups in total. The summed E-state index contributed by atoms with van der Waals surface area (Å²) in [5.74, 6) is -1.67. The predicted octanol–water partition coefficient (Wildman–Crippen LogP) is -1.08. The molecule has 0 saturated carbocycles. The number of carbonyl (C=O) groups excluding carboxylic acids is 4. The molecule has 12 heavy (non-hydrogen) atoms. The molecular formula is C6H4O6. The van der Waals surface area contributed by atoms with Crippen molar-refractivity contribution < 1.29 is 28.7 Å². The van der Waals surface area contributed by atoms with Crippen molar-refractivity contribution in [2.24, 2.45) is 0 Å². The fraction of sp³-hybridized carbons (Fsp3) is 0.333. The van der Waals surface area contributed by atoms with Gasteiger partial charge in [0, 0.05) is 0 Å². The maximum atomic E-state index is 9.67. The molecule has 0 aliphatic carbocycles. The molecule has 2 aliphatic rings. The molecule has 0 spiro atoms. The van der Waals surface area contributed by atoms with Gasteiger partial charge in [-0.15, -0.1) is 0 Å². The number of esters is 4. The Bertz CT molecular complexity index is 193. The van der Waals surface area contributed by atoms with E-state index in [0.717, 1.165) is 0 Å². The molecule has 0 atom stereocenters. The van der Waals surface area contributed by atoms with E-state index in [1.54, 1.807) is 0 Å². The van der Waals surface area contributed by atoms with Crippen molar-refractivity contribution in [2.45, 2.75) is 12.8 Å². The van der Waals surface area contributed by atoms with Crippen LogP contribution in [0.25, 0.3) is 0 Å². The quantitative estimate of drug-likeness (QED) is 0.341. The normalized spacial score (nSPS) is 19.3. The van der Waals surface area contributed by atoms with E-state index in [9.17, 15) is 19.2 Å². The zero-order valence-corrected chi connectivity index (χ0v) is 5.86. The maximum absolute atomic E-state index is 9.67. The zero-order chi connectivity index (χ0) is 9.14. The molecule has 0 aromatic heterocycles. The summed E-state index contributed by atoms with van der Waals surface area (Å²) in [4.78, 5) is 38.7. The summed E-state index contributed by atoms with van der Waals surface area (Å²) in [5, 5.41) is 0. The summed E-state index contributed by atoms with van der Waals surface area (Å²) in [6.07, 6.45) is -0.0556. The van der Waals surface area contributed by atoms with Gasteiger partial charge in [-0.25, -0.2) is 0 Å². The van der Waals surface area contributed by atoms with Crippen LogP contribution in [0.4, 0.5) is 0 Å². The third-order valence-electron chi connectivity index (χ3n) is 1.03. The number of carbonyl (C=O) groups is 4. The first-order chi connectivity index (χ1) is 5.58. The highest BCUT2D eigenvalue weighted by Crippen LogP contribution is 2.01. The van der Waals surface area contributed by atoms with Crippen LogP contribution in [0.3, 0.4) is 0 Å². The van der Waals surface area contributed by atoms with Crippen LogP contribution in [0.15, 0.2) is 0 Å². The molecule has 2 saturated heterocycles. The SMILES string of the molecule is O=C1CC(=O)O1.O=C1CC(=O)O1. The average Bonchev–Trinajstić information content (AvgIpc) is 1.84. The second-order valence-electron chi connectivity index (χ2n) is 2.05. The summed E-state index contributed by atoms with van der Waals surface area (Å²) >= 11 is 0. The number of hydrogen-bond acceptors (Lipinski definition) is 6. The van der Waals surface area contributed by atoms with Gasteiger partial charge >= 0.3 is 23.9 Å². The largest absolute Gasteiger partial charge is 0.392 e.